The maximum absolute atomic E-state index is 11.8. The molecule has 0 saturated carbocycles. The first-order chi connectivity index (χ1) is 6.95. The van der Waals surface area contributed by atoms with E-state index in [0.29, 0.717) is 19.6 Å². The van der Waals surface area contributed by atoms with E-state index in [0.717, 1.165) is 13.1 Å². The van der Waals surface area contributed by atoms with Crippen molar-refractivity contribution in [3.8, 4) is 0 Å². The molecule has 0 atom stereocenters. The maximum atomic E-state index is 11.8. The molecular weight excluding hydrogens is 194 g/mol. The molecule has 0 bridgehead atoms. The van der Waals surface area contributed by atoms with Crippen molar-refractivity contribution in [3.05, 3.63) is 0 Å². The van der Waals surface area contributed by atoms with Crippen LogP contribution in [0.4, 0.5) is 0 Å². The van der Waals surface area contributed by atoms with E-state index in [2.05, 4.69) is 4.90 Å². The Morgan fingerprint density at radius 1 is 1.33 bits per heavy atom. The highest BCUT2D eigenvalue weighted by Gasteiger charge is 2.29. The summed E-state index contributed by atoms with van der Waals surface area (Å²) in [7, 11) is 0. The van der Waals surface area contributed by atoms with Crippen molar-refractivity contribution in [2.75, 3.05) is 39.3 Å². The fourth-order valence-electron chi connectivity index (χ4n) is 1.72. The van der Waals surface area contributed by atoms with E-state index >= 15 is 0 Å². The molecule has 88 valence electrons. The number of hydrogen-bond donors (Lipinski definition) is 2. The number of β-amino-alcohol motifs (C(OH)–C–C–N with tert-alkyl or cyclic N) is 1. The molecule has 0 aromatic heterocycles. The molecule has 1 aliphatic rings. The number of nitrogens with two attached hydrogens (primary N) is 1. The zero-order valence-corrected chi connectivity index (χ0v) is 9.57. The Balaban J connectivity index is 2.41. The number of carbonyl (C=O) groups is 1. The first kappa shape index (κ1) is 12.4. The van der Waals surface area contributed by atoms with Crippen molar-refractivity contribution < 1.29 is 9.90 Å². The quantitative estimate of drug-likeness (QED) is 0.624. The summed E-state index contributed by atoms with van der Waals surface area (Å²) in [6.45, 7) is 7.39. The Kier molecular flexibility index (Phi) is 4.07. The molecule has 1 heterocycles. The average molecular weight is 215 g/mol. The molecule has 1 aliphatic heterocycles. The summed E-state index contributed by atoms with van der Waals surface area (Å²) in [5.41, 5.74) is 4.98. The molecule has 0 aromatic rings. The second kappa shape index (κ2) is 4.92. The van der Waals surface area contributed by atoms with Gasteiger partial charge in [0, 0.05) is 32.7 Å². The van der Waals surface area contributed by atoms with Crippen LogP contribution in [0.25, 0.3) is 0 Å². The van der Waals surface area contributed by atoms with Crippen LogP contribution in [0.5, 0.6) is 0 Å². The average Bonchev–Trinajstić information content (AvgIpc) is 2.17. The van der Waals surface area contributed by atoms with Crippen LogP contribution in [-0.2, 0) is 4.79 Å². The number of aliphatic hydroxyl groups is 1. The maximum Gasteiger partial charge on any atom is 0.242 e. The molecule has 5 heteroatoms. The number of hydrogen-bond acceptors (Lipinski definition) is 4. The van der Waals surface area contributed by atoms with E-state index in [9.17, 15) is 4.79 Å². The molecule has 0 radical (unpaired) electrons. The van der Waals surface area contributed by atoms with Gasteiger partial charge in [-0.25, -0.2) is 0 Å². The standard InChI is InChI=1S/C10H21N3O2/c1-10(2,11)9(15)13-5-3-12(4-6-13)7-8-14/h14H,3-8,11H2,1-2H3. The number of nitrogens with zero attached hydrogens (tertiary/aromatic N) is 2. The van der Waals surface area contributed by atoms with Gasteiger partial charge in [-0.15, -0.1) is 0 Å². The van der Waals surface area contributed by atoms with Crippen molar-refractivity contribution in [2.24, 2.45) is 5.73 Å². The summed E-state index contributed by atoms with van der Waals surface area (Å²) < 4.78 is 0. The molecule has 0 spiro atoms. The molecular formula is C10H21N3O2. The molecule has 1 fully saturated rings. The molecule has 0 aromatic carbocycles. The molecule has 1 saturated heterocycles. The van der Waals surface area contributed by atoms with E-state index in [4.69, 9.17) is 10.8 Å². The monoisotopic (exact) mass is 215 g/mol. The van der Waals surface area contributed by atoms with Gasteiger partial charge in [-0.1, -0.05) is 0 Å². The van der Waals surface area contributed by atoms with Gasteiger partial charge in [0.05, 0.1) is 12.1 Å². The van der Waals surface area contributed by atoms with E-state index < -0.39 is 5.54 Å². The predicted molar refractivity (Wildman–Crippen MR) is 58.4 cm³/mol. The normalized spacial score (nSPS) is 19.3. The lowest BCUT2D eigenvalue weighted by molar-refractivity contribution is -0.137. The van der Waals surface area contributed by atoms with Crippen LogP contribution >= 0.6 is 0 Å². The Hall–Kier alpha value is -0.650. The van der Waals surface area contributed by atoms with Gasteiger partial charge in [0.25, 0.3) is 0 Å². The number of amides is 1. The number of carbonyl (C=O) groups excluding carboxylic acids is 1. The lowest BCUT2D eigenvalue weighted by Gasteiger charge is -2.37. The van der Waals surface area contributed by atoms with Crippen LogP contribution in [0.1, 0.15) is 13.8 Å². The molecule has 1 amide bonds. The van der Waals surface area contributed by atoms with Gasteiger partial charge in [0.15, 0.2) is 0 Å². The van der Waals surface area contributed by atoms with Gasteiger partial charge in [-0.05, 0) is 13.8 Å². The highest BCUT2D eigenvalue weighted by atomic mass is 16.3. The molecule has 5 nitrogen and oxygen atoms in total. The molecule has 0 aliphatic carbocycles. The molecule has 0 unspecified atom stereocenters. The Morgan fingerprint density at radius 2 is 1.87 bits per heavy atom. The fraction of sp³-hybridized carbons (Fsp3) is 0.900. The van der Waals surface area contributed by atoms with Crippen LogP contribution in [0.15, 0.2) is 0 Å². The second-order valence-electron chi connectivity index (χ2n) is 4.58. The lowest BCUT2D eigenvalue weighted by Crippen LogP contribution is -2.57. The lowest BCUT2D eigenvalue weighted by atomic mass is 10.0. The van der Waals surface area contributed by atoms with Crippen LogP contribution < -0.4 is 5.73 Å². The summed E-state index contributed by atoms with van der Waals surface area (Å²) in [5, 5.41) is 8.78. The number of aliphatic hydroxyl groups excluding tert-OH is 1. The predicted octanol–water partition coefficient (Wildman–Crippen LogP) is -1.14. The Bertz CT molecular complexity index is 217. The Labute approximate surface area is 90.8 Å². The highest BCUT2D eigenvalue weighted by Crippen LogP contribution is 2.08. The zero-order valence-electron chi connectivity index (χ0n) is 9.57. The van der Waals surface area contributed by atoms with Gasteiger partial charge < -0.3 is 15.7 Å². The minimum absolute atomic E-state index is 0.00569. The third-order valence-corrected chi connectivity index (χ3v) is 2.63. The summed E-state index contributed by atoms with van der Waals surface area (Å²) >= 11 is 0. The van der Waals surface area contributed by atoms with Crippen molar-refractivity contribution in [1.82, 2.24) is 9.80 Å². The van der Waals surface area contributed by atoms with E-state index in [1.54, 1.807) is 18.7 Å². The third-order valence-electron chi connectivity index (χ3n) is 2.63. The third kappa shape index (κ3) is 3.44. The van der Waals surface area contributed by atoms with Gasteiger partial charge in [0.1, 0.15) is 0 Å². The van der Waals surface area contributed by atoms with Crippen LogP contribution in [0.2, 0.25) is 0 Å². The van der Waals surface area contributed by atoms with E-state index in [1.807, 2.05) is 0 Å². The van der Waals surface area contributed by atoms with Crippen LogP contribution in [0, 0.1) is 0 Å². The zero-order chi connectivity index (χ0) is 11.5. The topological polar surface area (TPSA) is 69.8 Å². The summed E-state index contributed by atoms with van der Waals surface area (Å²) in [4.78, 5) is 15.8. The van der Waals surface area contributed by atoms with E-state index in [-0.39, 0.29) is 12.5 Å². The second-order valence-corrected chi connectivity index (χ2v) is 4.58. The van der Waals surface area contributed by atoms with Gasteiger partial charge >= 0.3 is 0 Å². The molecule has 1 rings (SSSR count). The first-order valence-electron chi connectivity index (χ1n) is 5.36. The van der Waals surface area contributed by atoms with Gasteiger partial charge in [-0.2, -0.15) is 0 Å². The number of piperazine rings is 1. The van der Waals surface area contributed by atoms with E-state index in [1.165, 1.54) is 0 Å². The van der Waals surface area contributed by atoms with Crippen molar-refractivity contribution in [1.29, 1.82) is 0 Å². The molecule has 3 N–H and O–H groups in total. The van der Waals surface area contributed by atoms with Gasteiger partial charge in [0.2, 0.25) is 5.91 Å². The SMILES string of the molecule is CC(C)(N)C(=O)N1CCN(CCO)CC1. The van der Waals surface area contributed by atoms with Crippen LogP contribution in [0.3, 0.4) is 0 Å². The fourth-order valence-corrected chi connectivity index (χ4v) is 1.72. The van der Waals surface area contributed by atoms with Gasteiger partial charge in [-0.3, -0.25) is 9.69 Å². The van der Waals surface area contributed by atoms with Crippen molar-refractivity contribution >= 4 is 5.91 Å². The minimum Gasteiger partial charge on any atom is -0.395 e. The van der Waals surface area contributed by atoms with Crippen molar-refractivity contribution in [2.45, 2.75) is 19.4 Å². The van der Waals surface area contributed by atoms with Crippen LogP contribution in [-0.4, -0.2) is 65.7 Å². The highest BCUT2D eigenvalue weighted by molar-refractivity contribution is 5.85. The summed E-state index contributed by atoms with van der Waals surface area (Å²) in [5.74, 6) is 0.00569. The number of rotatable bonds is 3. The summed E-state index contributed by atoms with van der Waals surface area (Å²) in [6, 6.07) is 0. The molecule has 15 heavy (non-hydrogen) atoms. The summed E-state index contributed by atoms with van der Waals surface area (Å²) in [6.07, 6.45) is 0. The Morgan fingerprint density at radius 3 is 2.27 bits per heavy atom. The smallest absolute Gasteiger partial charge is 0.242 e. The first-order valence-corrected chi connectivity index (χ1v) is 5.36. The largest absolute Gasteiger partial charge is 0.395 e. The minimum atomic E-state index is -0.779. The van der Waals surface area contributed by atoms with Crippen molar-refractivity contribution in [3.63, 3.8) is 0 Å².